The minimum atomic E-state index is -0.672. The fourth-order valence-electron chi connectivity index (χ4n) is 1.38. The molecular weight excluding hydrogens is 272 g/mol. The summed E-state index contributed by atoms with van der Waals surface area (Å²) in [4.78, 5) is 27.0. The van der Waals surface area contributed by atoms with Crippen LogP contribution in [0.5, 0.6) is 0 Å². The van der Waals surface area contributed by atoms with Crippen LogP contribution in [0.3, 0.4) is 0 Å². The quantitative estimate of drug-likeness (QED) is 0.213. The number of aliphatic imine (C=N–C) groups is 1. The molecule has 0 bridgehead atoms. The van der Waals surface area contributed by atoms with Crippen molar-refractivity contribution in [3.8, 4) is 0 Å². The van der Waals surface area contributed by atoms with Crippen LogP contribution in [-0.2, 0) is 9.59 Å². The first-order chi connectivity index (χ1) is 9.61. The van der Waals surface area contributed by atoms with Gasteiger partial charge < -0.3 is 27.8 Å². The zero-order valence-electron chi connectivity index (χ0n) is 13.1. The Hall–Kier alpha value is -1.83. The Labute approximate surface area is 125 Å². The average Bonchev–Trinajstić information content (AvgIpc) is 2.37. The standard InChI is InChI=1S/C13H28N6O2/c1-13(2,3)8-19-10(20)7-18-11(21)9(14)5-4-6-17-12(15)16/h9H,4-8,14H2,1-3H3,(H,18,21)(H,19,20)(H4,15,16,17). The lowest BCUT2D eigenvalue weighted by molar-refractivity contribution is -0.127. The van der Waals surface area contributed by atoms with Gasteiger partial charge in [0.2, 0.25) is 11.8 Å². The van der Waals surface area contributed by atoms with Crippen molar-refractivity contribution in [2.24, 2.45) is 27.6 Å². The largest absolute Gasteiger partial charge is 0.370 e. The normalized spacial score (nSPS) is 12.4. The smallest absolute Gasteiger partial charge is 0.239 e. The summed E-state index contributed by atoms with van der Waals surface area (Å²) >= 11 is 0. The first-order valence-corrected chi connectivity index (χ1v) is 6.97. The summed E-state index contributed by atoms with van der Waals surface area (Å²) in [6.45, 7) is 6.94. The fourth-order valence-corrected chi connectivity index (χ4v) is 1.38. The van der Waals surface area contributed by atoms with Crippen molar-refractivity contribution >= 4 is 17.8 Å². The van der Waals surface area contributed by atoms with Crippen LogP contribution in [0.15, 0.2) is 4.99 Å². The second kappa shape index (κ2) is 9.17. The van der Waals surface area contributed by atoms with Crippen molar-refractivity contribution in [2.75, 3.05) is 19.6 Å². The summed E-state index contributed by atoms with van der Waals surface area (Å²) in [7, 11) is 0. The predicted octanol–water partition coefficient (Wildman–Crippen LogP) is -1.35. The van der Waals surface area contributed by atoms with Gasteiger partial charge in [0, 0.05) is 13.1 Å². The molecule has 0 radical (unpaired) electrons. The zero-order chi connectivity index (χ0) is 16.5. The van der Waals surface area contributed by atoms with E-state index in [9.17, 15) is 9.59 Å². The highest BCUT2D eigenvalue weighted by atomic mass is 16.2. The van der Waals surface area contributed by atoms with Gasteiger partial charge >= 0.3 is 0 Å². The first kappa shape index (κ1) is 19.2. The van der Waals surface area contributed by atoms with E-state index < -0.39 is 6.04 Å². The molecule has 8 N–H and O–H groups in total. The topological polar surface area (TPSA) is 149 Å². The van der Waals surface area contributed by atoms with Crippen LogP contribution in [-0.4, -0.2) is 43.5 Å². The molecule has 122 valence electrons. The molecule has 0 spiro atoms. The molecule has 0 aliphatic carbocycles. The van der Waals surface area contributed by atoms with Crippen LogP contribution in [0, 0.1) is 5.41 Å². The molecule has 0 saturated carbocycles. The lowest BCUT2D eigenvalue weighted by atomic mass is 9.97. The van der Waals surface area contributed by atoms with Gasteiger partial charge in [-0.25, -0.2) is 0 Å². The van der Waals surface area contributed by atoms with Crippen molar-refractivity contribution in [3.63, 3.8) is 0 Å². The highest BCUT2D eigenvalue weighted by Gasteiger charge is 2.15. The van der Waals surface area contributed by atoms with E-state index in [2.05, 4.69) is 15.6 Å². The molecule has 0 aromatic carbocycles. The van der Waals surface area contributed by atoms with Crippen molar-refractivity contribution < 1.29 is 9.59 Å². The maximum Gasteiger partial charge on any atom is 0.239 e. The van der Waals surface area contributed by atoms with E-state index in [-0.39, 0.29) is 29.7 Å². The van der Waals surface area contributed by atoms with Gasteiger partial charge in [-0.15, -0.1) is 0 Å². The molecule has 0 aromatic rings. The van der Waals surface area contributed by atoms with Gasteiger partial charge in [-0.3, -0.25) is 14.6 Å². The van der Waals surface area contributed by atoms with Gasteiger partial charge in [0.15, 0.2) is 5.96 Å². The van der Waals surface area contributed by atoms with Crippen LogP contribution in [0.25, 0.3) is 0 Å². The Morgan fingerprint density at radius 2 is 1.81 bits per heavy atom. The number of nitrogens with one attached hydrogen (secondary N) is 2. The summed E-state index contributed by atoms with van der Waals surface area (Å²) in [5, 5.41) is 5.25. The fraction of sp³-hybridized carbons (Fsp3) is 0.769. The molecule has 2 amide bonds. The maximum absolute atomic E-state index is 11.7. The third kappa shape index (κ3) is 11.7. The summed E-state index contributed by atoms with van der Waals surface area (Å²) in [5.74, 6) is -0.569. The lowest BCUT2D eigenvalue weighted by Gasteiger charge is -2.19. The predicted molar refractivity (Wildman–Crippen MR) is 83.4 cm³/mol. The Bertz CT molecular complexity index is 371. The Kier molecular flexibility index (Phi) is 8.37. The molecule has 0 aliphatic heterocycles. The molecule has 0 saturated heterocycles. The van der Waals surface area contributed by atoms with Crippen molar-refractivity contribution in [1.29, 1.82) is 0 Å². The third-order valence-electron chi connectivity index (χ3n) is 2.54. The lowest BCUT2D eigenvalue weighted by Crippen LogP contribution is -2.46. The second-order valence-corrected chi connectivity index (χ2v) is 6.11. The number of nitrogens with two attached hydrogens (primary N) is 3. The number of carbonyl (C=O) groups is 2. The van der Waals surface area contributed by atoms with Crippen LogP contribution < -0.4 is 27.8 Å². The summed E-state index contributed by atoms with van der Waals surface area (Å²) in [5.41, 5.74) is 16.1. The highest BCUT2D eigenvalue weighted by molar-refractivity contribution is 5.87. The van der Waals surface area contributed by atoms with E-state index in [0.717, 1.165) is 0 Å². The number of carbonyl (C=O) groups excluding carboxylic acids is 2. The van der Waals surface area contributed by atoms with Crippen LogP contribution in [0.1, 0.15) is 33.6 Å². The van der Waals surface area contributed by atoms with E-state index in [1.165, 1.54) is 0 Å². The van der Waals surface area contributed by atoms with E-state index in [1.807, 2.05) is 20.8 Å². The number of rotatable bonds is 8. The van der Waals surface area contributed by atoms with Crippen LogP contribution in [0.4, 0.5) is 0 Å². The van der Waals surface area contributed by atoms with Crippen molar-refractivity contribution in [2.45, 2.75) is 39.7 Å². The van der Waals surface area contributed by atoms with Gasteiger partial charge in [0.05, 0.1) is 12.6 Å². The summed E-state index contributed by atoms with van der Waals surface area (Å²) in [6.07, 6.45) is 1.05. The van der Waals surface area contributed by atoms with E-state index in [1.54, 1.807) is 0 Å². The molecule has 21 heavy (non-hydrogen) atoms. The second-order valence-electron chi connectivity index (χ2n) is 6.11. The summed E-state index contributed by atoms with van der Waals surface area (Å²) in [6, 6.07) is -0.672. The molecule has 0 aliphatic rings. The van der Waals surface area contributed by atoms with Gasteiger partial charge in [-0.05, 0) is 18.3 Å². The van der Waals surface area contributed by atoms with E-state index >= 15 is 0 Å². The van der Waals surface area contributed by atoms with Crippen molar-refractivity contribution in [3.05, 3.63) is 0 Å². The molecule has 1 atom stereocenters. The molecular formula is C13H28N6O2. The molecule has 0 heterocycles. The first-order valence-electron chi connectivity index (χ1n) is 6.97. The van der Waals surface area contributed by atoms with Gasteiger partial charge in [0.1, 0.15) is 0 Å². The highest BCUT2D eigenvalue weighted by Crippen LogP contribution is 2.09. The molecule has 0 rings (SSSR count). The van der Waals surface area contributed by atoms with E-state index in [0.29, 0.717) is 25.9 Å². The molecule has 0 aromatic heterocycles. The van der Waals surface area contributed by atoms with Gasteiger partial charge in [0.25, 0.3) is 0 Å². The number of hydrogen-bond donors (Lipinski definition) is 5. The molecule has 0 fully saturated rings. The van der Waals surface area contributed by atoms with Gasteiger partial charge in [-0.1, -0.05) is 20.8 Å². The minimum Gasteiger partial charge on any atom is -0.370 e. The third-order valence-corrected chi connectivity index (χ3v) is 2.54. The van der Waals surface area contributed by atoms with Crippen LogP contribution in [0.2, 0.25) is 0 Å². The number of nitrogens with zero attached hydrogens (tertiary/aromatic N) is 1. The van der Waals surface area contributed by atoms with E-state index in [4.69, 9.17) is 17.2 Å². The minimum absolute atomic E-state index is 0.00142. The van der Waals surface area contributed by atoms with Crippen LogP contribution >= 0.6 is 0 Å². The number of guanidine groups is 1. The monoisotopic (exact) mass is 300 g/mol. The number of amides is 2. The van der Waals surface area contributed by atoms with Gasteiger partial charge in [-0.2, -0.15) is 0 Å². The number of hydrogen-bond acceptors (Lipinski definition) is 4. The summed E-state index contributed by atoms with van der Waals surface area (Å²) < 4.78 is 0. The molecule has 8 nitrogen and oxygen atoms in total. The van der Waals surface area contributed by atoms with Crippen molar-refractivity contribution in [1.82, 2.24) is 10.6 Å². The average molecular weight is 300 g/mol. The Morgan fingerprint density at radius 1 is 1.19 bits per heavy atom. The molecule has 8 heteroatoms. The maximum atomic E-state index is 11.7. The zero-order valence-corrected chi connectivity index (χ0v) is 13.1. The SMILES string of the molecule is CC(C)(C)CNC(=O)CNC(=O)C(N)CCCN=C(N)N. The molecule has 1 unspecified atom stereocenters. The Morgan fingerprint density at radius 3 is 2.33 bits per heavy atom. The Balaban J connectivity index is 3.87.